The molecular formula is C13H13F3N2O2S. The monoisotopic (exact) mass is 318 g/mol. The van der Waals surface area contributed by atoms with Crippen LogP contribution >= 0.6 is 11.3 Å². The molecule has 3 N–H and O–H groups in total. The highest BCUT2D eigenvalue weighted by Gasteiger charge is 2.33. The van der Waals surface area contributed by atoms with Crippen LogP contribution in [-0.4, -0.2) is 41.8 Å². The molecule has 0 spiro atoms. The summed E-state index contributed by atoms with van der Waals surface area (Å²) in [5.41, 5.74) is 6.14. The Hall–Kier alpha value is -1.80. The molecule has 0 radical (unpaired) electrons. The Morgan fingerprint density at radius 1 is 1.33 bits per heavy atom. The molecule has 0 saturated heterocycles. The number of thiophene rings is 1. The number of hydrogen-bond acceptors (Lipinski definition) is 4. The highest BCUT2D eigenvalue weighted by Crippen LogP contribution is 2.29. The van der Waals surface area contributed by atoms with Gasteiger partial charge in [0.2, 0.25) is 0 Å². The second-order valence-corrected chi connectivity index (χ2v) is 5.56. The average Bonchev–Trinajstić information content (AvgIpc) is 2.78. The third-order valence-electron chi connectivity index (χ3n) is 2.78. The third-order valence-corrected chi connectivity index (χ3v) is 3.88. The van der Waals surface area contributed by atoms with Crippen molar-refractivity contribution in [2.45, 2.75) is 6.18 Å². The van der Waals surface area contributed by atoms with Gasteiger partial charge in [-0.3, -0.25) is 4.79 Å². The van der Waals surface area contributed by atoms with E-state index in [1.807, 2.05) is 0 Å². The number of nitrogens with two attached hydrogens (primary N) is 1. The molecule has 2 rings (SSSR count). The van der Waals surface area contributed by atoms with Crippen LogP contribution in [0.4, 0.5) is 18.9 Å². The largest absolute Gasteiger partial charge is 0.406 e. The molecule has 114 valence electrons. The lowest BCUT2D eigenvalue weighted by atomic mass is 10.2. The summed E-state index contributed by atoms with van der Waals surface area (Å²) in [6.45, 7) is -2.28. The van der Waals surface area contributed by atoms with E-state index >= 15 is 0 Å². The number of amides is 1. The van der Waals surface area contributed by atoms with Crippen molar-refractivity contribution in [3.05, 3.63) is 29.1 Å². The molecule has 0 fully saturated rings. The van der Waals surface area contributed by atoms with Gasteiger partial charge in [0.1, 0.15) is 6.54 Å². The zero-order valence-corrected chi connectivity index (χ0v) is 11.7. The molecule has 4 nitrogen and oxygen atoms in total. The molecule has 0 aliphatic carbocycles. The van der Waals surface area contributed by atoms with Crippen LogP contribution in [0, 0.1) is 0 Å². The topological polar surface area (TPSA) is 66.6 Å². The number of nitrogen functional groups attached to an aromatic ring is 1. The summed E-state index contributed by atoms with van der Waals surface area (Å²) in [6, 6.07) is 6.54. The second kappa shape index (κ2) is 5.90. The van der Waals surface area contributed by atoms with Crippen molar-refractivity contribution < 1.29 is 23.1 Å². The van der Waals surface area contributed by atoms with Crippen molar-refractivity contribution in [3.63, 3.8) is 0 Å². The first kappa shape index (κ1) is 15.6. The molecule has 1 amide bonds. The van der Waals surface area contributed by atoms with Gasteiger partial charge >= 0.3 is 6.18 Å². The number of aliphatic hydroxyl groups is 1. The quantitative estimate of drug-likeness (QED) is 0.851. The maximum absolute atomic E-state index is 12.5. The fourth-order valence-corrected chi connectivity index (χ4v) is 2.92. The number of nitrogens with zero attached hydrogens (tertiary/aromatic N) is 1. The number of carbonyl (C=O) groups excluding carboxylic acids is 1. The van der Waals surface area contributed by atoms with Crippen LogP contribution in [0.5, 0.6) is 0 Å². The van der Waals surface area contributed by atoms with Crippen molar-refractivity contribution >= 4 is 33.0 Å². The Labute approximate surface area is 122 Å². The fourth-order valence-electron chi connectivity index (χ4n) is 1.91. The number of anilines is 1. The molecule has 2 aromatic rings. The molecule has 21 heavy (non-hydrogen) atoms. The second-order valence-electron chi connectivity index (χ2n) is 4.47. The fraction of sp³-hybridized carbons (Fsp3) is 0.308. The Bertz CT molecular complexity index is 654. The number of carbonyl (C=O) groups is 1. The molecule has 0 aliphatic rings. The lowest BCUT2D eigenvalue weighted by Crippen LogP contribution is -2.40. The van der Waals surface area contributed by atoms with Gasteiger partial charge in [-0.25, -0.2) is 0 Å². The van der Waals surface area contributed by atoms with Gasteiger partial charge in [0, 0.05) is 16.9 Å². The van der Waals surface area contributed by atoms with E-state index in [2.05, 4.69) is 0 Å². The minimum atomic E-state index is -4.51. The van der Waals surface area contributed by atoms with Gasteiger partial charge in [0.25, 0.3) is 5.91 Å². The summed E-state index contributed by atoms with van der Waals surface area (Å²) in [4.78, 5) is 12.9. The molecule has 0 unspecified atom stereocenters. The van der Waals surface area contributed by atoms with E-state index in [-0.39, 0.29) is 11.4 Å². The maximum Gasteiger partial charge on any atom is 0.406 e. The van der Waals surface area contributed by atoms with Gasteiger partial charge in [0.15, 0.2) is 0 Å². The van der Waals surface area contributed by atoms with Crippen LogP contribution < -0.4 is 5.73 Å². The number of benzene rings is 1. The normalized spacial score (nSPS) is 11.8. The highest BCUT2D eigenvalue weighted by atomic mass is 32.1. The van der Waals surface area contributed by atoms with Crippen molar-refractivity contribution in [2.75, 3.05) is 25.4 Å². The molecule has 0 aliphatic heterocycles. The zero-order chi connectivity index (χ0) is 15.6. The predicted molar refractivity (Wildman–Crippen MR) is 75.3 cm³/mol. The van der Waals surface area contributed by atoms with Gasteiger partial charge in [-0.15, -0.1) is 11.3 Å². The van der Waals surface area contributed by atoms with E-state index in [0.29, 0.717) is 16.0 Å². The number of fused-ring (bicyclic) bond motifs is 1. The molecule has 1 aromatic carbocycles. The smallest absolute Gasteiger partial charge is 0.399 e. The van der Waals surface area contributed by atoms with Crippen LogP contribution in [0.3, 0.4) is 0 Å². The van der Waals surface area contributed by atoms with Gasteiger partial charge in [-0.2, -0.15) is 13.2 Å². The predicted octanol–water partition coefficient (Wildman–Crippen LogP) is 2.48. The third kappa shape index (κ3) is 3.85. The van der Waals surface area contributed by atoms with Gasteiger partial charge in [-0.1, -0.05) is 0 Å². The standard InChI is InChI=1S/C13H13F3N2O2S/c14-13(15,16)7-18(3-4-19)12(20)11-6-8-5-9(17)1-2-10(8)21-11/h1-2,5-6,19H,3-4,7,17H2. The molecule has 1 aromatic heterocycles. The van der Waals surface area contributed by atoms with Crippen LogP contribution in [-0.2, 0) is 0 Å². The number of aliphatic hydroxyl groups excluding tert-OH is 1. The summed E-state index contributed by atoms with van der Waals surface area (Å²) < 4.78 is 38.2. The van der Waals surface area contributed by atoms with Gasteiger partial charge in [0.05, 0.1) is 11.5 Å². The first-order chi connectivity index (χ1) is 9.80. The van der Waals surface area contributed by atoms with E-state index in [9.17, 15) is 18.0 Å². The minimum Gasteiger partial charge on any atom is -0.399 e. The summed E-state index contributed by atoms with van der Waals surface area (Å²) in [6.07, 6.45) is -4.51. The first-order valence-electron chi connectivity index (χ1n) is 6.06. The van der Waals surface area contributed by atoms with Crippen LogP contribution in [0.15, 0.2) is 24.3 Å². The highest BCUT2D eigenvalue weighted by molar-refractivity contribution is 7.20. The molecule has 0 bridgehead atoms. The van der Waals surface area contributed by atoms with Crippen molar-refractivity contribution in [3.8, 4) is 0 Å². The summed E-state index contributed by atoms with van der Waals surface area (Å²) in [5.74, 6) is -0.749. The number of halogens is 3. The van der Waals surface area contributed by atoms with Crippen molar-refractivity contribution in [2.24, 2.45) is 0 Å². The van der Waals surface area contributed by atoms with E-state index in [0.717, 1.165) is 16.0 Å². The summed E-state index contributed by atoms with van der Waals surface area (Å²) in [7, 11) is 0. The van der Waals surface area contributed by atoms with Crippen LogP contribution in [0.1, 0.15) is 9.67 Å². The summed E-state index contributed by atoms with van der Waals surface area (Å²) in [5, 5.41) is 9.54. The van der Waals surface area contributed by atoms with Gasteiger partial charge in [-0.05, 0) is 29.7 Å². The van der Waals surface area contributed by atoms with Crippen molar-refractivity contribution in [1.29, 1.82) is 0 Å². The van der Waals surface area contributed by atoms with E-state index in [4.69, 9.17) is 10.8 Å². The zero-order valence-electron chi connectivity index (χ0n) is 10.9. The van der Waals surface area contributed by atoms with Crippen LogP contribution in [0.25, 0.3) is 10.1 Å². The van der Waals surface area contributed by atoms with E-state index < -0.39 is 25.2 Å². The lowest BCUT2D eigenvalue weighted by molar-refractivity contribution is -0.141. The Morgan fingerprint density at radius 2 is 2.05 bits per heavy atom. The SMILES string of the molecule is Nc1ccc2sc(C(=O)N(CCO)CC(F)(F)F)cc2c1. The van der Waals surface area contributed by atoms with E-state index in [1.165, 1.54) is 6.07 Å². The molecule has 1 heterocycles. The summed E-state index contributed by atoms with van der Waals surface area (Å²) >= 11 is 1.10. The molecule has 0 atom stereocenters. The number of rotatable bonds is 4. The minimum absolute atomic E-state index is 0.188. The Kier molecular flexibility index (Phi) is 4.38. The van der Waals surface area contributed by atoms with Gasteiger partial charge < -0.3 is 15.7 Å². The van der Waals surface area contributed by atoms with Crippen LogP contribution in [0.2, 0.25) is 0 Å². The average molecular weight is 318 g/mol. The first-order valence-corrected chi connectivity index (χ1v) is 6.88. The molecule has 0 saturated carbocycles. The van der Waals surface area contributed by atoms with E-state index in [1.54, 1.807) is 18.2 Å². The molecular weight excluding hydrogens is 305 g/mol. The number of alkyl halides is 3. The lowest BCUT2D eigenvalue weighted by Gasteiger charge is -2.22. The Balaban J connectivity index is 2.29. The number of hydrogen-bond donors (Lipinski definition) is 2. The Morgan fingerprint density at radius 3 is 2.67 bits per heavy atom. The molecule has 8 heteroatoms. The maximum atomic E-state index is 12.5. The van der Waals surface area contributed by atoms with Crippen molar-refractivity contribution in [1.82, 2.24) is 4.90 Å².